The van der Waals surface area contributed by atoms with Crippen LogP contribution in [0.25, 0.3) is 5.82 Å². The zero-order valence-corrected chi connectivity index (χ0v) is 25.1. The Kier molecular flexibility index (Phi) is 10.3. The first-order valence-electron chi connectivity index (χ1n) is 12.2. The van der Waals surface area contributed by atoms with Gasteiger partial charge in [0.15, 0.2) is 11.5 Å². The maximum absolute atomic E-state index is 13.5. The van der Waals surface area contributed by atoms with Gasteiger partial charge in [-0.1, -0.05) is 30.1 Å². The molecule has 238 valence electrons. The van der Waals surface area contributed by atoms with E-state index in [2.05, 4.69) is 20.7 Å². The van der Waals surface area contributed by atoms with Gasteiger partial charge in [0.1, 0.15) is 5.69 Å². The molecule has 3 aromatic rings. The summed E-state index contributed by atoms with van der Waals surface area (Å²) in [5.74, 6) is -4.84. The highest BCUT2D eigenvalue weighted by Crippen LogP contribution is 2.32. The molecule has 3 N–H and O–H groups in total. The maximum Gasteiger partial charge on any atom is 0.472 e. The Hall–Kier alpha value is -3.83. The standard InChI is InChI=1S/C25H22Cl2F6N6O4S/c1-4-14(11-44(3,43)38-23(42)25(31,32)33)35-21(40)15-9-13(26)8-12(2)19(15)36-22(41)17-10-18(24(28,29)30)37-39(17)20-16(27)6-5-7-34-20/h5-11,14H,4H2,1-3H3,(H,35,40)(H,36,41)(H,38,42,43). The summed E-state index contributed by atoms with van der Waals surface area (Å²) in [7, 11) is -3.75. The Labute approximate surface area is 256 Å². The quantitative estimate of drug-likeness (QED) is 0.226. The van der Waals surface area contributed by atoms with Crippen molar-refractivity contribution in [1.29, 1.82) is 0 Å². The van der Waals surface area contributed by atoms with Crippen molar-refractivity contribution in [2.75, 3.05) is 11.6 Å². The Bertz CT molecular complexity index is 1730. The number of halogens is 8. The fourth-order valence-corrected chi connectivity index (χ4v) is 5.62. The number of alkyl halides is 6. The summed E-state index contributed by atoms with van der Waals surface area (Å²) < 4.78 is 93.1. The third kappa shape index (κ3) is 8.41. The molecule has 3 rings (SSSR count). The van der Waals surface area contributed by atoms with Crippen molar-refractivity contribution < 1.29 is 44.9 Å². The average molecular weight is 687 g/mol. The molecule has 0 aliphatic carbocycles. The topological polar surface area (TPSA) is 135 Å². The number of pyridine rings is 1. The summed E-state index contributed by atoms with van der Waals surface area (Å²) >= 11 is 12.2. The number of hydrogen-bond acceptors (Lipinski definition) is 6. The number of carbonyl (C=O) groups excluding carboxylic acids is 3. The van der Waals surface area contributed by atoms with Crippen molar-refractivity contribution in [1.82, 2.24) is 24.8 Å². The van der Waals surface area contributed by atoms with Gasteiger partial charge in [-0.05, 0) is 43.2 Å². The van der Waals surface area contributed by atoms with Crippen LogP contribution in [-0.2, 0) is 20.7 Å². The van der Waals surface area contributed by atoms with Crippen LogP contribution in [0, 0.1) is 6.92 Å². The molecular weight excluding hydrogens is 665 g/mol. The molecule has 2 atom stereocenters. The third-order valence-corrected chi connectivity index (χ3v) is 7.64. The fourth-order valence-electron chi connectivity index (χ4n) is 3.71. The molecule has 0 radical (unpaired) electrons. The minimum absolute atomic E-state index is 0.00391. The van der Waals surface area contributed by atoms with Gasteiger partial charge in [-0.25, -0.2) is 13.9 Å². The zero-order chi connectivity index (χ0) is 33.2. The molecule has 0 aliphatic rings. The monoisotopic (exact) mass is 686 g/mol. The molecule has 3 amide bonds. The van der Waals surface area contributed by atoms with Crippen molar-refractivity contribution in [3.8, 4) is 5.82 Å². The Morgan fingerprint density at radius 1 is 1.09 bits per heavy atom. The summed E-state index contributed by atoms with van der Waals surface area (Å²) in [5.41, 5.74) is -2.37. The number of nitrogens with one attached hydrogen (secondary N) is 3. The Morgan fingerprint density at radius 3 is 2.32 bits per heavy atom. The Balaban J connectivity index is 2.00. The highest BCUT2D eigenvalue weighted by molar-refractivity contribution is 7.99. The first-order valence-corrected chi connectivity index (χ1v) is 15.0. The number of benzene rings is 1. The van der Waals surface area contributed by atoms with Crippen LogP contribution in [0.15, 0.2) is 36.5 Å². The van der Waals surface area contributed by atoms with Crippen LogP contribution in [0.5, 0.6) is 0 Å². The van der Waals surface area contributed by atoms with Gasteiger partial charge in [-0.3, -0.25) is 19.1 Å². The van der Waals surface area contributed by atoms with Gasteiger partial charge in [0.2, 0.25) is 0 Å². The number of anilines is 1. The van der Waals surface area contributed by atoms with Crippen LogP contribution in [0.1, 0.15) is 45.4 Å². The molecule has 2 heterocycles. The van der Waals surface area contributed by atoms with Gasteiger partial charge in [0, 0.05) is 38.6 Å². The molecule has 0 saturated carbocycles. The van der Waals surface area contributed by atoms with Crippen molar-refractivity contribution in [3.05, 3.63) is 69.1 Å². The molecule has 10 nitrogen and oxygen atoms in total. The predicted molar refractivity (Wildman–Crippen MR) is 151 cm³/mol. The molecule has 2 unspecified atom stereocenters. The van der Waals surface area contributed by atoms with Crippen LogP contribution in [0.2, 0.25) is 10.0 Å². The minimum Gasteiger partial charge on any atom is -0.345 e. The molecule has 0 aliphatic heterocycles. The SMILES string of the molecule is CCC(C=S(C)(=O)NC(=O)C(F)(F)F)NC(=O)c1cc(Cl)cc(C)c1NC(=O)c1cc(C(F)(F)F)nn1-c1ncccc1Cl. The van der Waals surface area contributed by atoms with Crippen LogP contribution in [0.4, 0.5) is 32.0 Å². The number of aromatic nitrogens is 3. The molecule has 0 bridgehead atoms. The second-order valence-corrected chi connectivity index (χ2v) is 12.3. The molecule has 19 heteroatoms. The van der Waals surface area contributed by atoms with Gasteiger partial charge in [-0.15, -0.1) is 0 Å². The molecular formula is C25H22Cl2F6N6O4S. The van der Waals surface area contributed by atoms with Crippen molar-refractivity contribution in [3.63, 3.8) is 0 Å². The van der Waals surface area contributed by atoms with E-state index < -0.39 is 57.2 Å². The summed E-state index contributed by atoms with van der Waals surface area (Å²) in [4.78, 5) is 41.8. The number of amides is 3. The Morgan fingerprint density at radius 2 is 1.75 bits per heavy atom. The lowest BCUT2D eigenvalue weighted by molar-refractivity contribution is -0.171. The van der Waals surface area contributed by atoms with Crippen LogP contribution < -0.4 is 15.4 Å². The maximum atomic E-state index is 13.5. The van der Waals surface area contributed by atoms with E-state index in [1.165, 1.54) is 43.0 Å². The first-order chi connectivity index (χ1) is 20.2. The van der Waals surface area contributed by atoms with Crippen molar-refractivity contribution in [2.45, 2.75) is 38.7 Å². The number of nitrogens with zero attached hydrogens (tertiary/aromatic N) is 3. The van der Waals surface area contributed by atoms with E-state index in [4.69, 9.17) is 23.2 Å². The van der Waals surface area contributed by atoms with Crippen LogP contribution in [-0.4, -0.2) is 60.5 Å². The summed E-state index contributed by atoms with van der Waals surface area (Å²) in [5, 5.41) is 8.94. The number of rotatable bonds is 8. The van der Waals surface area contributed by atoms with Gasteiger partial charge in [0.25, 0.3) is 11.8 Å². The van der Waals surface area contributed by atoms with E-state index in [-0.39, 0.29) is 39.1 Å². The van der Waals surface area contributed by atoms with Gasteiger partial charge in [0.05, 0.1) is 22.3 Å². The highest BCUT2D eigenvalue weighted by atomic mass is 35.5. The smallest absolute Gasteiger partial charge is 0.345 e. The lowest BCUT2D eigenvalue weighted by Crippen LogP contribution is -2.44. The molecule has 44 heavy (non-hydrogen) atoms. The highest BCUT2D eigenvalue weighted by Gasteiger charge is 2.40. The first kappa shape index (κ1) is 34.7. The van der Waals surface area contributed by atoms with E-state index in [1.54, 1.807) is 0 Å². The lowest BCUT2D eigenvalue weighted by atomic mass is 10.1. The van der Waals surface area contributed by atoms with Crippen LogP contribution >= 0.6 is 23.2 Å². The summed E-state index contributed by atoms with van der Waals surface area (Å²) in [6.45, 7) is 2.93. The van der Waals surface area contributed by atoms with E-state index in [1.807, 2.05) is 0 Å². The van der Waals surface area contributed by atoms with E-state index >= 15 is 0 Å². The predicted octanol–water partition coefficient (Wildman–Crippen LogP) is 4.97. The lowest BCUT2D eigenvalue weighted by Gasteiger charge is -2.19. The molecule has 0 fully saturated rings. The van der Waals surface area contributed by atoms with Gasteiger partial charge < -0.3 is 10.6 Å². The number of aryl methyl sites for hydroxylation is 1. The third-order valence-electron chi connectivity index (χ3n) is 5.69. The van der Waals surface area contributed by atoms with Crippen molar-refractivity contribution in [2.24, 2.45) is 0 Å². The summed E-state index contributed by atoms with van der Waals surface area (Å²) in [6.07, 6.45) is -8.21. The second kappa shape index (κ2) is 13.0. The normalized spacial score (nSPS) is 13.9. The minimum atomic E-state index is -5.30. The van der Waals surface area contributed by atoms with E-state index in [9.17, 15) is 44.9 Å². The molecule has 2 aromatic heterocycles. The number of hydrogen-bond donors (Lipinski definition) is 3. The molecule has 1 aromatic carbocycles. The van der Waals surface area contributed by atoms with E-state index in [0.29, 0.717) is 10.7 Å². The molecule has 0 saturated heterocycles. The van der Waals surface area contributed by atoms with Crippen LogP contribution in [0.3, 0.4) is 0 Å². The van der Waals surface area contributed by atoms with Crippen molar-refractivity contribution >= 4 is 61.7 Å². The van der Waals surface area contributed by atoms with Gasteiger partial charge in [-0.2, -0.15) is 31.4 Å². The zero-order valence-electron chi connectivity index (χ0n) is 22.7. The second-order valence-electron chi connectivity index (χ2n) is 9.19. The average Bonchev–Trinajstić information content (AvgIpc) is 3.35. The largest absolute Gasteiger partial charge is 0.472 e. The van der Waals surface area contributed by atoms with Gasteiger partial charge >= 0.3 is 18.3 Å². The summed E-state index contributed by atoms with van der Waals surface area (Å²) in [6, 6.07) is 4.49. The van der Waals surface area contributed by atoms with E-state index in [0.717, 1.165) is 17.7 Å². The molecule has 0 spiro atoms. The number of carbonyl (C=O) groups is 3. The fraction of sp³-hybridized carbons (Fsp3) is 0.280.